The Morgan fingerprint density at radius 1 is 1.24 bits per heavy atom. The molecule has 1 aliphatic heterocycles. The number of hydrogen-bond acceptors (Lipinski definition) is 5. The Balaban J connectivity index is 0.000000739. The Morgan fingerprint density at radius 3 is 2.44 bits per heavy atom. The number of carbonyl (C=O) groups is 2. The molecule has 1 aromatic heterocycles. The van der Waals surface area contributed by atoms with Crippen LogP contribution < -0.4 is 10.6 Å². The van der Waals surface area contributed by atoms with Gasteiger partial charge in [-0.2, -0.15) is 8.42 Å². The van der Waals surface area contributed by atoms with Crippen LogP contribution in [0.2, 0.25) is 0 Å². The fourth-order valence-electron chi connectivity index (χ4n) is 3.66. The molecule has 0 radical (unpaired) electrons. The molecule has 0 saturated carbocycles. The van der Waals surface area contributed by atoms with E-state index in [-0.39, 0.29) is 11.8 Å². The maximum atomic E-state index is 13.7. The second-order valence-corrected chi connectivity index (χ2v) is 9.35. The minimum absolute atomic E-state index is 0.143. The summed E-state index contributed by atoms with van der Waals surface area (Å²) < 4.78 is 39.5. The molecular formula is C23H31FN4O5S. The van der Waals surface area contributed by atoms with E-state index in [1.807, 2.05) is 13.8 Å². The molecule has 0 unspecified atom stereocenters. The van der Waals surface area contributed by atoms with Crippen LogP contribution in [-0.2, 0) is 14.9 Å². The van der Waals surface area contributed by atoms with Crippen LogP contribution in [0.25, 0.3) is 11.6 Å². The highest BCUT2D eigenvalue weighted by Crippen LogP contribution is 2.34. The molecule has 0 saturated heterocycles. The number of benzene rings is 1. The first-order valence-corrected chi connectivity index (χ1v) is 12.7. The molecule has 186 valence electrons. The molecule has 0 atom stereocenters. The zero-order chi connectivity index (χ0) is 25.6. The van der Waals surface area contributed by atoms with Crippen molar-refractivity contribution in [2.45, 2.75) is 27.7 Å². The van der Waals surface area contributed by atoms with Crippen molar-refractivity contribution in [3.05, 3.63) is 52.1 Å². The topological polar surface area (TPSA) is 132 Å². The molecule has 2 amide bonds. The molecule has 0 fully saturated rings. The van der Waals surface area contributed by atoms with Gasteiger partial charge in [0, 0.05) is 35.7 Å². The van der Waals surface area contributed by atoms with Crippen LogP contribution >= 0.6 is 0 Å². The van der Waals surface area contributed by atoms with E-state index in [0.29, 0.717) is 40.9 Å². The third-order valence-corrected chi connectivity index (χ3v) is 5.36. The Morgan fingerprint density at radius 2 is 1.85 bits per heavy atom. The van der Waals surface area contributed by atoms with E-state index in [0.717, 1.165) is 30.9 Å². The maximum Gasteiger partial charge on any atom is 0.261 e. The molecule has 0 spiro atoms. The van der Waals surface area contributed by atoms with E-state index < -0.39 is 15.9 Å². The number of aromatic nitrogens is 1. The highest BCUT2D eigenvalue weighted by molar-refractivity contribution is 7.85. The van der Waals surface area contributed by atoms with E-state index in [1.165, 1.54) is 12.1 Å². The lowest BCUT2D eigenvalue weighted by Gasteiger charge is -2.18. The van der Waals surface area contributed by atoms with Crippen LogP contribution in [0.5, 0.6) is 0 Å². The number of rotatable bonds is 7. The number of carbonyl (C=O) groups excluding carboxylic acids is 2. The van der Waals surface area contributed by atoms with Gasteiger partial charge in [-0.3, -0.25) is 14.1 Å². The summed E-state index contributed by atoms with van der Waals surface area (Å²) >= 11 is 0. The number of amides is 2. The number of nitrogens with one attached hydrogen (secondary N) is 3. The molecule has 4 N–H and O–H groups in total. The average Bonchev–Trinajstić information content (AvgIpc) is 3.19. The van der Waals surface area contributed by atoms with Gasteiger partial charge >= 0.3 is 0 Å². The number of aryl methyl sites for hydroxylation is 1. The molecule has 1 aliphatic rings. The van der Waals surface area contributed by atoms with Crippen molar-refractivity contribution in [2.24, 2.45) is 0 Å². The molecule has 0 aliphatic carbocycles. The largest absolute Gasteiger partial charge is 0.358 e. The summed E-state index contributed by atoms with van der Waals surface area (Å²) in [4.78, 5) is 30.5. The van der Waals surface area contributed by atoms with Crippen LogP contribution in [0.15, 0.2) is 18.2 Å². The van der Waals surface area contributed by atoms with Gasteiger partial charge in [0.2, 0.25) is 0 Å². The van der Waals surface area contributed by atoms with Crippen molar-refractivity contribution in [2.75, 3.05) is 37.8 Å². The van der Waals surface area contributed by atoms with E-state index in [2.05, 4.69) is 34.4 Å². The smallest absolute Gasteiger partial charge is 0.261 e. The predicted molar refractivity (Wildman–Crippen MR) is 131 cm³/mol. The molecule has 1 aromatic carbocycles. The molecule has 2 heterocycles. The van der Waals surface area contributed by atoms with E-state index in [9.17, 15) is 22.4 Å². The molecule has 2 aromatic rings. The monoisotopic (exact) mass is 494 g/mol. The number of likely N-dealkylation sites (N-methyl/N-ethyl adjacent to an activating group) is 1. The first-order valence-electron chi connectivity index (χ1n) is 10.8. The van der Waals surface area contributed by atoms with Crippen molar-refractivity contribution >= 4 is 39.3 Å². The summed E-state index contributed by atoms with van der Waals surface area (Å²) in [6, 6.07) is 4.20. The number of hydrogen-bond donors (Lipinski definition) is 4. The summed E-state index contributed by atoms with van der Waals surface area (Å²) in [6.07, 6.45) is 2.39. The second-order valence-electron chi connectivity index (χ2n) is 7.88. The molecule has 9 nitrogen and oxygen atoms in total. The lowest BCUT2D eigenvalue weighted by molar-refractivity contribution is -0.110. The van der Waals surface area contributed by atoms with Crippen molar-refractivity contribution in [1.82, 2.24) is 15.2 Å². The van der Waals surface area contributed by atoms with Crippen molar-refractivity contribution in [1.29, 1.82) is 0 Å². The van der Waals surface area contributed by atoms with Crippen molar-refractivity contribution < 1.29 is 27.0 Å². The van der Waals surface area contributed by atoms with Crippen LogP contribution in [-0.4, -0.2) is 67.1 Å². The third kappa shape index (κ3) is 7.24. The average molecular weight is 495 g/mol. The Hall–Kier alpha value is -3.02. The SMILES string of the molecule is CCN(CC)CCNC(=O)c1c(C)[nH]c(C=C2C(=O)Nc3ccc(F)cc32)c1C.CS(=O)(=O)O. The number of anilines is 1. The van der Waals surface area contributed by atoms with Crippen LogP contribution in [0.1, 0.15) is 46.7 Å². The highest BCUT2D eigenvalue weighted by Gasteiger charge is 2.26. The lowest BCUT2D eigenvalue weighted by Crippen LogP contribution is -2.35. The summed E-state index contributed by atoms with van der Waals surface area (Å²) in [5, 5.41) is 5.70. The number of H-pyrrole nitrogens is 1. The van der Waals surface area contributed by atoms with Gasteiger partial charge in [-0.05, 0) is 56.8 Å². The predicted octanol–water partition coefficient (Wildman–Crippen LogP) is 2.84. The summed E-state index contributed by atoms with van der Waals surface area (Å²) in [7, 11) is -3.67. The van der Waals surface area contributed by atoms with Gasteiger partial charge in [-0.15, -0.1) is 0 Å². The van der Waals surface area contributed by atoms with Gasteiger partial charge in [0.25, 0.3) is 21.9 Å². The van der Waals surface area contributed by atoms with Crippen LogP contribution in [0, 0.1) is 19.7 Å². The summed E-state index contributed by atoms with van der Waals surface area (Å²) in [5.41, 5.74) is 4.20. The fraction of sp³-hybridized carbons (Fsp3) is 0.391. The third-order valence-electron chi connectivity index (χ3n) is 5.36. The first-order chi connectivity index (χ1) is 15.8. The molecule has 0 bridgehead atoms. The minimum Gasteiger partial charge on any atom is -0.358 e. The van der Waals surface area contributed by atoms with E-state index in [1.54, 1.807) is 12.1 Å². The maximum absolute atomic E-state index is 13.7. The highest BCUT2D eigenvalue weighted by atomic mass is 32.2. The van der Waals surface area contributed by atoms with Gasteiger partial charge in [0.1, 0.15) is 5.82 Å². The number of aromatic amines is 1. The number of fused-ring (bicyclic) bond motifs is 1. The van der Waals surface area contributed by atoms with Gasteiger partial charge in [-0.25, -0.2) is 4.39 Å². The Bertz CT molecular complexity index is 1190. The minimum atomic E-state index is -3.67. The molecule has 3 rings (SSSR count). The van der Waals surface area contributed by atoms with Crippen molar-refractivity contribution in [3.8, 4) is 0 Å². The molecule has 11 heteroatoms. The Kier molecular flexibility index (Phi) is 9.14. The van der Waals surface area contributed by atoms with Crippen LogP contribution in [0.3, 0.4) is 0 Å². The van der Waals surface area contributed by atoms with Crippen molar-refractivity contribution in [3.63, 3.8) is 0 Å². The molecule has 34 heavy (non-hydrogen) atoms. The summed E-state index contributed by atoms with van der Waals surface area (Å²) in [6.45, 7) is 11.1. The zero-order valence-corrected chi connectivity index (χ0v) is 20.8. The van der Waals surface area contributed by atoms with E-state index in [4.69, 9.17) is 4.55 Å². The Labute approximate surface area is 199 Å². The second kappa shape index (κ2) is 11.4. The molecular weight excluding hydrogens is 463 g/mol. The number of nitrogens with zero attached hydrogens (tertiary/aromatic N) is 1. The first kappa shape index (κ1) is 27.2. The fourth-order valence-corrected chi connectivity index (χ4v) is 3.66. The van der Waals surface area contributed by atoms with Gasteiger partial charge < -0.3 is 20.5 Å². The van der Waals surface area contributed by atoms with E-state index >= 15 is 0 Å². The van der Waals surface area contributed by atoms with Gasteiger partial charge in [0.05, 0.1) is 17.4 Å². The standard InChI is InChI=1S/C22H27FN4O2.CH4O3S/c1-5-27(6-2)10-9-24-22(29)20-13(3)19(25-14(20)4)12-17-16-11-15(23)7-8-18(16)26-21(17)28;1-5(2,3)4/h7-8,11-12,25H,5-6,9-10H2,1-4H3,(H,24,29)(H,26,28);1H3,(H,2,3,4). The van der Waals surface area contributed by atoms with Crippen LogP contribution in [0.4, 0.5) is 10.1 Å². The van der Waals surface area contributed by atoms with Gasteiger partial charge in [-0.1, -0.05) is 13.8 Å². The quantitative estimate of drug-likeness (QED) is 0.346. The lowest BCUT2D eigenvalue weighted by atomic mass is 10.0. The van der Waals surface area contributed by atoms with Gasteiger partial charge in [0.15, 0.2) is 0 Å². The summed E-state index contributed by atoms with van der Waals surface area (Å²) in [5.74, 6) is -0.836. The number of halogens is 1. The normalized spacial score (nSPS) is 14.0. The zero-order valence-electron chi connectivity index (χ0n) is 20.0.